The Bertz CT molecular complexity index is 1140. The van der Waals surface area contributed by atoms with E-state index in [1.165, 1.54) is 6.20 Å². The van der Waals surface area contributed by atoms with E-state index in [-0.39, 0.29) is 5.41 Å². The van der Waals surface area contributed by atoms with Crippen LogP contribution >= 0.6 is 0 Å². The molecule has 0 saturated carbocycles. The maximum Gasteiger partial charge on any atom is 0.164 e. The van der Waals surface area contributed by atoms with Crippen LogP contribution in [0, 0.1) is 12.3 Å². The van der Waals surface area contributed by atoms with Crippen molar-refractivity contribution in [3.8, 4) is 0 Å². The van der Waals surface area contributed by atoms with Crippen LogP contribution in [0.25, 0.3) is 16.6 Å². The van der Waals surface area contributed by atoms with Crippen molar-refractivity contribution >= 4 is 34.5 Å². The average molecular weight is 421 g/mol. The first-order valence-corrected chi connectivity index (χ1v) is 10.3. The van der Waals surface area contributed by atoms with Crippen molar-refractivity contribution in [2.45, 2.75) is 33.7 Å². The predicted molar refractivity (Wildman–Crippen MR) is 122 cm³/mol. The van der Waals surface area contributed by atoms with Crippen LogP contribution in [0.15, 0.2) is 35.7 Å². The summed E-state index contributed by atoms with van der Waals surface area (Å²) < 4.78 is 7.46. The van der Waals surface area contributed by atoms with E-state index >= 15 is 0 Å². The van der Waals surface area contributed by atoms with Crippen LogP contribution in [0.2, 0.25) is 0 Å². The number of aromatic nitrogens is 5. The largest absolute Gasteiger partial charge is 0.404 e. The van der Waals surface area contributed by atoms with Crippen LogP contribution in [0.4, 0.5) is 11.6 Å². The van der Waals surface area contributed by atoms with E-state index < -0.39 is 0 Å². The molecule has 0 spiro atoms. The molecule has 9 heteroatoms. The molecule has 0 atom stereocenters. The molecule has 162 valence electrons. The number of nitrogens with one attached hydrogen (secondary N) is 1. The topological polar surface area (TPSA) is 116 Å². The summed E-state index contributed by atoms with van der Waals surface area (Å²) >= 11 is 0. The lowest BCUT2D eigenvalue weighted by atomic mass is 9.89. The Balaban J connectivity index is 1.54. The number of fused-ring (bicyclic) bond motifs is 1. The normalized spacial score (nSPS) is 16.2. The molecule has 3 aromatic rings. The van der Waals surface area contributed by atoms with Crippen LogP contribution in [0.1, 0.15) is 38.5 Å². The van der Waals surface area contributed by atoms with Crippen LogP contribution in [0.5, 0.6) is 0 Å². The van der Waals surface area contributed by atoms with Gasteiger partial charge in [-0.25, -0.2) is 19.9 Å². The van der Waals surface area contributed by atoms with E-state index in [2.05, 4.69) is 55.6 Å². The molecule has 1 aliphatic rings. The molecule has 0 unspecified atom stereocenters. The number of hydrogen-bond acceptors (Lipinski definition) is 8. The molecule has 1 saturated heterocycles. The van der Waals surface area contributed by atoms with E-state index in [9.17, 15) is 0 Å². The number of nitrogens with two attached hydrogens (primary N) is 1. The van der Waals surface area contributed by atoms with Gasteiger partial charge in [0.1, 0.15) is 23.0 Å². The number of aryl methyl sites for hydroxylation is 1. The van der Waals surface area contributed by atoms with Crippen molar-refractivity contribution in [2.75, 3.05) is 25.1 Å². The number of imidazole rings is 1. The van der Waals surface area contributed by atoms with Gasteiger partial charge in [-0.3, -0.25) is 4.99 Å². The van der Waals surface area contributed by atoms with E-state index in [0.717, 1.165) is 30.1 Å². The fraction of sp³-hybridized carbons (Fsp3) is 0.409. The number of allylic oxidation sites excluding steroid dienone is 1. The van der Waals surface area contributed by atoms with Gasteiger partial charge >= 0.3 is 0 Å². The molecule has 0 aliphatic carbocycles. The highest BCUT2D eigenvalue weighted by Gasteiger charge is 2.32. The highest BCUT2D eigenvalue weighted by atomic mass is 16.5. The van der Waals surface area contributed by atoms with E-state index in [1.54, 1.807) is 24.7 Å². The second-order valence-electron chi connectivity index (χ2n) is 8.47. The Kier molecular flexibility index (Phi) is 5.69. The second-order valence-corrected chi connectivity index (χ2v) is 8.47. The Morgan fingerprint density at radius 1 is 1.32 bits per heavy atom. The molecule has 3 N–H and O–H groups in total. The van der Waals surface area contributed by atoms with Crippen molar-refractivity contribution in [3.05, 3.63) is 42.4 Å². The van der Waals surface area contributed by atoms with Crippen molar-refractivity contribution in [1.82, 2.24) is 24.5 Å². The standard InChI is InChI=1S/C22H28N8O/c1-14(2)30-15(3)27-17-10-26-20(7-18(17)30)28-19-5-6-25-21(29-19)16(8-23)9-24-11-22(4)12-31-13-22/h5-10,14H,11-13,23H2,1-4H3,(H,25,26,28,29). The first-order valence-electron chi connectivity index (χ1n) is 10.3. The number of anilines is 2. The lowest BCUT2D eigenvalue weighted by Crippen LogP contribution is -2.42. The number of aliphatic imine (C=N–C) groups is 1. The summed E-state index contributed by atoms with van der Waals surface area (Å²) in [5.74, 6) is 2.77. The molecule has 3 aromatic heterocycles. The zero-order valence-corrected chi connectivity index (χ0v) is 18.3. The number of hydrogen-bond donors (Lipinski definition) is 2. The summed E-state index contributed by atoms with van der Waals surface area (Å²) in [5, 5.41) is 3.26. The van der Waals surface area contributed by atoms with Crippen LogP contribution < -0.4 is 11.1 Å². The second kappa shape index (κ2) is 8.43. The minimum absolute atomic E-state index is 0.103. The van der Waals surface area contributed by atoms with Crippen molar-refractivity contribution in [2.24, 2.45) is 16.1 Å². The zero-order valence-electron chi connectivity index (χ0n) is 18.3. The van der Waals surface area contributed by atoms with Gasteiger partial charge in [0, 0.05) is 42.7 Å². The highest BCUT2D eigenvalue weighted by Crippen LogP contribution is 2.27. The summed E-state index contributed by atoms with van der Waals surface area (Å²) in [6, 6.07) is 4.08. The van der Waals surface area contributed by atoms with Gasteiger partial charge in [0.15, 0.2) is 5.82 Å². The maximum atomic E-state index is 5.81. The maximum absolute atomic E-state index is 5.81. The third kappa shape index (κ3) is 4.41. The van der Waals surface area contributed by atoms with Crippen molar-refractivity contribution in [3.63, 3.8) is 0 Å². The Morgan fingerprint density at radius 2 is 2.13 bits per heavy atom. The first-order chi connectivity index (χ1) is 14.9. The quantitative estimate of drug-likeness (QED) is 0.564. The summed E-state index contributed by atoms with van der Waals surface area (Å²) in [5.41, 5.74) is 8.47. The van der Waals surface area contributed by atoms with Crippen LogP contribution in [-0.2, 0) is 4.74 Å². The van der Waals surface area contributed by atoms with Crippen LogP contribution in [-0.4, -0.2) is 50.5 Å². The SMILES string of the molecule is Cc1nc2cnc(Nc3ccnc(C(C=NCC4(C)COC4)=CN)n3)cc2n1C(C)C. The molecule has 0 bridgehead atoms. The summed E-state index contributed by atoms with van der Waals surface area (Å²) in [7, 11) is 0. The molecule has 31 heavy (non-hydrogen) atoms. The minimum atomic E-state index is 0.103. The molecule has 4 heterocycles. The van der Waals surface area contributed by atoms with E-state index in [1.807, 2.05) is 13.0 Å². The Hall–Kier alpha value is -3.33. The zero-order chi connectivity index (χ0) is 22.0. The molecule has 0 aromatic carbocycles. The van der Waals surface area contributed by atoms with Crippen molar-refractivity contribution in [1.29, 1.82) is 0 Å². The number of pyridine rings is 1. The van der Waals surface area contributed by atoms with E-state index in [0.29, 0.717) is 35.6 Å². The lowest BCUT2D eigenvalue weighted by Gasteiger charge is -2.36. The van der Waals surface area contributed by atoms with E-state index in [4.69, 9.17) is 10.5 Å². The predicted octanol–water partition coefficient (Wildman–Crippen LogP) is 3.26. The van der Waals surface area contributed by atoms with Gasteiger partial charge in [-0.15, -0.1) is 0 Å². The third-order valence-corrected chi connectivity index (χ3v) is 5.22. The van der Waals surface area contributed by atoms with Crippen molar-refractivity contribution < 1.29 is 4.74 Å². The van der Waals surface area contributed by atoms with Gasteiger partial charge in [0.25, 0.3) is 0 Å². The van der Waals surface area contributed by atoms with Gasteiger partial charge < -0.3 is 20.4 Å². The molecular weight excluding hydrogens is 392 g/mol. The monoisotopic (exact) mass is 420 g/mol. The van der Waals surface area contributed by atoms with Gasteiger partial charge in [-0.1, -0.05) is 6.92 Å². The average Bonchev–Trinajstić information content (AvgIpc) is 3.05. The van der Waals surface area contributed by atoms with Gasteiger partial charge in [-0.2, -0.15) is 0 Å². The van der Waals surface area contributed by atoms with Gasteiger partial charge in [0.05, 0.1) is 30.5 Å². The molecule has 9 nitrogen and oxygen atoms in total. The smallest absolute Gasteiger partial charge is 0.164 e. The van der Waals surface area contributed by atoms with Crippen LogP contribution in [0.3, 0.4) is 0 Å². The number of rotatable bonds is 7. The molecule has 1 aliphatic heterocycles. The molecule has 0 amide bonds. The summed E-state index contributed by atoms with van der Waals surface area (Å²) in [6.07, 6.45) is 6.64. The van der Waals surface area contributed by atoms with Gasteiger partial charge in [-0.05, 0) is 26.8 Å². The third-order valence-electron chi connectivity index (χ3n) is 5.22. The summed E-state index contributed by atoms with van der Waals surface area (Å²) in [6.45, 7) is 10.6. The lowest BCUT2D eigenvalue weighted by molar-refractivity contribution is -0.0944. The first kappa shape index (κ1) is 20.9. The Morgan fingerprint density at radius 3 is 2.81 bits per heavy atom. The highest BCUT2D eigenvalue weighted by molar-refractivity contribution is 6.08. The number of ether oxygens (including phenoxy) is 1. The Labute approximate surface area is 181 Å². The molecular formula is C22H28N8O. The van der Waals surface area contributed by atoms with Gasteiger partial charge in [0.2, 0.25) is 0 Å². The molecule has 4 rings (SSSR count). The number of nitrogens with zero attached hydrogens (tertiary/aromatic N) is 6. The fourth-order valence-corrected chi connectivity index (χ4v) is 3.62. The molecule has 0 radical (unpaired) electrons. The summed E-state index contributed by atoms with van der Waals surface area (Å²) in [4.78, 5) is 22.5. The minimum Gasteiger partial charge on any atom is -0.404 e. The molecule has 1 fully saturated rings. The fourth-order valence-electron chi connectivity index (χ4n) is 3.62.